The van der Waals surface area contributed by atoms with Crippen LogP contribution in [0.3, 0.4) is 0 Å². The van der Waals surface area contributed by atoms with E-state index in [1.165, 1.54) is 19.3 Å². The summed E-state index contributed by atoms with van der Waals surface area (Å²) in [6.07, 6.45) is 8.29. The van der Waals surface area contributed by atoms with Crippen molar-refractivity contribution in [2.75, 3.05) is 25.1 Å². The van der Waals surface area contributed by atoms with Crippen molar-refractivity contribution in [1.29, 1.82) is 0 Å². The molecule has 4 heterocycles. The summed E-state index contributed by atoms with van der Waals surface area (Å²) in [5.41, 5.74) is 2.38. The molecule has 0 amide bonds. The van der Waals surface area contributed by atoms with Crippen molar-refractivity contribution in [2.24, 2.45) is 11.3 Å². The van der Waals surface area contributed by atoms with Gasteiger partial charge in [-0.15, -0.1) is 5.10 Å². The van der Waals surface area contributed by atoms with Crippen LogP contribution in [-0.2, 0) is 4.74 Å². The largest absolute Gasteiger partial charge is 0.487 e. The molecule has 0 radical (unpaired) electrons. The van der Waals surface area contributed by atoms with Crippen LogP contribution in [-0.4, -0.2) is 61.8 Å². The first kappa shape index (κ1) is 17.1. The summed E-state index contributed by atoms with van der Waals surface area (Å²) in [5.74, 6) is 1.84. The number of fused-ring (bicyclic) bond motifs is 1. The van der Waals surface area contributed by atoms with Crippen LogP contribution in [0.15, 0.2) is 18.7 Å². The smallest absolute Gasteiger partial charge is 0.243 e. The standard InChI is InChI=1S/C19H22FN7O2/c20-13-8-28-2-1-14(13)24-18-25-17-16(29-9-19-3-11(4-19)5-19)15(12-6-22-23-7-12)21-10-27(17)26-18/h6-7,10-11,13-14H,1-5,8-9H2,(H,22,23)(H,24,26)/t11?,13-,14+,19?/m1/s1. The van der Waals surface area contributed by atoms with Crippen molar-refractivity contribution in [2.45, 2.75) is 37.9 Å². The number of nitrogens with one attached hydrogen (secondary N) is 2. The quantitative estimate of drug-likeness (QED) is 0.655. The van der Waals surface area contributed by atoms with Gasteiger partial charge in [0.15, 0.2) is 5.75 Å². The number of ether oxygens (including phenoxy) is 2. The predicted molar refractivity (Wildman–Crippen MR) is 101 cm³/mol. The third kappa shape index (κ3) is 2.85. The van der Waals surface area contributed by atoms with Gasteiger partial charge in [0.2, 0.25) is 11.6 Å². The summed E-state index contributed by atoms with van der Waals surface area (Å²) < 4.78 is 27.2. The molecule has 7 rings (SSSR count). The second-order valence-corrected chi connectivity index (χ2v) is 8.51. The van der Waals surface area contributed by atoms with E-state index in [-0.39, 0.29) is 12.6 Å². The Kier molecular flexibility index (Phi) is 3.77. The molecule has 0 spiro atoms. The summed E-state index contributed by atoms with van der Waals surface area (Å²) in [4.78, 5) is 9.14. The first-order valence-corrected chi connectivity index (χ1v) is 10.0. The minimum absolute atomic E-state index is 0.0919. The highest BCUT2D eigenvalue weighted by molar-refractivity contribution is 5.73. The summed E-state index contributed by atoms with van der Waals surface area (Å²) in [6.45, 7) is 1.27. The zero-order valence-electron chi connectivity index (χ0n) is 15.8. The molecule has 152 valence electrons. The molecule has 2 bridgehead atoms. The first-order chi connectivity index (χ1) is 14.2. The van der Waals surface area contributed by atoms with Crippen LogP contribution in [0.25, 0.3) is 16.9 Å². The van der Waals surface area contributed by atoms with Gasteiger partial charge in [0.25, 0.3) is 0 Å². The van der Waals surface area contributed by atoms with Crippen molar-refractivity contribution in [3.8, 4) is 17.0 Å². The first-order valence-electron chi connectivity index (χ1n) is 10.0. The number of anilines is 1. The van der Waals surface area contributed by atoms with Gasteiger partial charge in [-0.1, -0.05) is 0 Å². The third-order valence-electron chi connectivity index (χ3n) is 6.41. The molecule has 2 N–H and O–H groups in total. The van der Waals surface area contributed by atoms with Crippen LogP contribution in [0.1, 0.15) is 25.7 Å². The second kappa shape index (κ2) is 6.38. The minimum atomic E-state index is -1.09. The number of nitrogens with zero attached hydrogens (tertiary/aromatic N) is 5. The minimum Gasteiger partial charge on any atom is -0.487 e. The molecule has 3 aromatic rings. The Bertz CT molecular complexity index is 1020. The fourth-order valence-corrected chi connectivity index (χ4v) is 4.71. The monoisotopic (exact) mass is 399 g/mol. The van der Waals surface area contributed by atoms with Crippen molar-refractivity contribution in [1.82, 2.24) is 29.8 Å². The van der Waals surface area contributed by atoms with Crippen molar-refractivity contribution < 1.29 is 13.9 Å². The lowest BCUT2D eigenvalue weighted by Crippen LogP contribution is -2.55. The molecule has 0 unspecified atom stereocenters. The predicted octanol–water partition coefficient (Wildman–Crippen LogP) is 2.23. The summed E-state index contributed by atoms with van der Waals surface area (Å²) in [6, 6.07) is -0.368. The Hall–Kier alpha value is -2.75. The molecule has 2 atom stereocenters. The van der Waals surface area contributed by atoms with E-state index in [4.69, 9.17) is 9.47 Å². The molecule has 1 aliphatic heterocycles. The van der Waals surface area contributed by atoms with Crippen LogP contribution < -0.4 is 10.1 Å². The lowest BCUT2D eigenvalue weighted by atomic mass is 9.45. The Morgan fingerprint density at radius 1 is 1.38 bits per heavy atom. The second-order valence-electron chi connectivity index (χ2n) is 8.51. The summed E-state index contributed by atoms with van der Waals surface area (Å²) >= 11 is 0. The molecule has 3 aromatic heterocycles. The average molecular weight is 399 g/mol. The Balaban J connectivity index is 1.34. The summed E-state index contributed by atoms with van der Waals surface area (Å²) in [7, 11) is 0. The Morgan fingerprint density at radius 3 is 3.00 bits per heavy atom. The van der Waals surface area contributed by atoms with Gasteiger partial charge >= 0.3 is 0 Å². The van der Waals surface area contributed by atoms with Crippen LogP contribution in [0.4, 0.5) is 10.3 Å². The van der Waals surface area contributed by atoms with Crippen LogP contribution in [0.2, 0.25) is 0 Å². The zero-order chi connectivity index (χ0) is 19.4. The van der Waals surface area contributed by atoms with E-state index in [2.05, 4.69) is 30.6 Å². The van der Waals surface area contributed by atoms with E-state index in [1.807, 2.05) is 0 Å². The Morgan fingerprint density at radius 2 is 2.28 bits per heavy atom. The van der Waals surface area contributed by atoms with Gasteiger partial charge in [-0.2, -0.15) is 14.6 Å². The summed E-state index contributed by atoms with van der Waals surface area (Å²) in [5, 5.41) is 14.4. The third-order valence-corrected chi connectivity index (χ3v) is 6.41. The highest BCUT2D eigenvalue weighted by atomic mass is 19.1. The number of halogens is 1. The van der Waals surface area contributed by atoms with E-state index in [9.17, 15) is 4.39 Å². The highest BCUT2D eigenvalue weighted by Crippen LogP contribution is 2.64. The molecular weight excluding hydrogens is 377 g/mol. The molecule has 4 fully saturated rings. The lowest BCUT2D eigenvalue weighted by molar-refractivity contribution is -0.131. The molecular formula is C19H22FN7O2. The van der Waals surface area contributed by atoms with Gasteiger partial charge in [0.05, 0.1) is 25.5 Å². The number of hydrogen-bond donors (Lipinski definition) is 2. The maximum absolute atomic E-state index is 14.1. The highest BCUT2D eigenvalue weighted by Gasteiger charge is 2.57. The normalized spacial score (nSPS) is 30.6. The van der Waals surface area contributed by atoms with Crippen molar-refractivity contribution in [3.05, 3.63) is 18.7 Å². The van der Waals surface area contributed by atoms with Crippen molar-refractivity contribution in [3.63, 3.8) is 0 Å². The molecule has 0 aromatic carbocycles. The molecule has 3 aliphatic carbocycles. The van der Waals surface area contributed by atoms with Gasteiger partial charge in [0.1, 0.15) is 18.2 Å². The van der Waals surface area contributed by atoms with E-state index in [0.29, 0.717) is 48.1 Å². The number of H-pyrrole nitrogens is 1. The van der Waals surface area contributed by atoms with Crippen molar-refractivity contribution >= 4 is 11.6 Å². The molecule has 29 heavy (non-hydrogen) atoms. The van der Waals surface area contributed by atoms with Crippen LogP contribution >= 0.6 is 0 Å². The van der Waals surface area contributed by atoms with Crippen LogP contribution in [0.5, 0.6) is 5.75 Å². The topological polar surface area (TPSA) is 102 Å². The van der Waals surface area contributed by atoms with E-state index in [1.54, 1.807) is 23.2 Å². The number of aromatic amines is 1. The maximum Gasteiger partial charge on any atom is 0.243 e. The molecule has 10 heteroatoms. The van der Waals surface area contributed by atoms with Gasteiger partial charge in [-0.05, 0) is 31.6 Å². The van der Waals surface area contributed by atoms with Gasteiger partial charge in [-0.3, -0.25) is 5.10 Å². The van der Waals surface area contributed by atoms with Gasteiger partial charge < -0.3 is 14.8 Å². The number of hydrogen-bond acceptors (Lipinski definition) is 7. The van der Waals surface area contributed by atoms with E-state index >= 15 is 0 Å². The maximum atomic E-state index is 14.1. The lowest BCUT2D eigenvalue weighted by Gasteiger charge is -2.61. The zero-order valence-corrected chi connectivity index (χ0v) is 15.8. The number of rotatable bonds is 6. The molecule has 4 aliphatic rings. The number of alkyl halides is 1. The number of aromatic nitrogens is 6. The molecule has 3 saturated carbocycles. The Labute approximate surface area is 166 Å². The molecule has 1 saturated heterocycles. The average Bonchev–Trinajstić information content (AvgIpc) is 3.31. The van der Waals surface area contributed by atoms with Crippen LogP contribution in [0, 0.1) is 11.3 Å². The fraction of sp³-hybridized carbons (Fsp3) is 0.579. The molecule has 9 nitrogen and oxygen atoms in total. The van der Waals surface area contributed by atoms with Gasteiger partial charge in [0, 0.05) is 23.8 Å². The van der Waals surface area contributed by atoms with E-state index in [0.717, 1.165) is 11.5 Å². The SMILES string of the molecule is F[C@@H]1COCC[C@@H]1Nc1nc2c(OCC34CC(C3)C4)c(-c3cn[nH]c3)ncn2n1. The van der Waals surface area contributed by atoms with E-state index < -0.39 is 6.17 Å². The fourth-order valence-electron chi connectivity index (χ4n) is 4.71. The van der Waals surface area contributed by atoms with Gasteiger partial charge in [-0.25, -0.2) is 9.37 Å².